The first-order valence-corrected chi connectivity index (χ1v) is 8.01. The molecule has 1 unspecified atom stereocenters. The van der Waals surface area contributed by atoms with Crippen molar-refractivity contribution in [2.45, 2.75) is 31.7 Å². The van der Waals surface area contributed by atoms with Crippen molar-refractivity contribution in [3.05, 3.63) is 0 Å². The Labute approximate surface area is 110 Å². The number of methoxy groups -OCH3 is 1. The molecule has 8 heteroatoms. The predicted molar refractivity (Wildman–Crippen MR) is 67.2 cm³/mol. The van der Waals surface area contributed by atoms with Crippen LogP contribution in [0.25, 0.3) is 0 Å². The fraction of sp³-hybridized carbons (Fsp3) is 0.889. The van der Waals surface area contributed by atoms with E-state index < -0.39 is 16.3 Å². The second-order valence-corrected chi connectivity index (χ2v) is 6.25. The van der Waals surface area contributed by atoms with Crippen LogP contribution in [0.2, 0.25) is 0 Å². The van der Waals surface area contributed by atoms with Gasteiger partial charge in [-0.15, -0.1) is 0 Å². The highest BCUT2D eigenvalue weighted by atomic mass is 79.9. The van der Waals surface area contributed by atoms with Gasteiger partial charge >= 0.3 is 16.3 Å². The Morgan fingerprint density at radius 3 is 2.82 bits per heavy atom. The van der Waals surface area contributed by atoms with Gasteiger partial charge in [0, 0.05) is 17.9 Å². The van der Waals surface area contributed by atoms with Crippen LogP contribution in [0.3, 0.4) is 0 Å². The normalized spacial score (nSPS) is 22.1. The Morgan fingerprint density at radius 2 is 2.24 bits per heavy atom. The molecule has 1 amide bonds. The average molecular weight is 329 g/mol. The summed E-state index contributed by atoms with van der Waals surface area (Å²) in [4.78, 5) is 11.0. The Bertz CT molecular complexity index is 358. The smallest absolute Gasteiger partial charge is 0.421 e. The second-order valence-electron chi connectivity index (χ2n) is 3.84. The van der Waals surface area contributed by atoms with Gasteiger partial charge in [-0.2, -0.15) is 12.7 Å². The zero-order valence-corrected chi connectivity index (χ0v) is 12.1. The number of carbonyl (C=O) groups excluding carboxylic acids is 1. The molecule has 17 heavy (non-hydrogen) atoms. The Hall–Kier alpha value is -0.340. The predicted octanol–water partition coefficient (Wildman–Crippen LogP) is 1.23. The maximum Gasteiger partial charge on any atom is 0.421 e. The molecule has 0 aromatic rings. The number of ether oxygens (including phenoxy) is 1. The molecule has 0 spiro atoms. The van der Waals surface area contributed by atoms with Crippen molar-refractivity contribution < 1.29 is 17.9 Å². The number of hydrogen-bond acceptors (Lipinski definition) is 4. The molecule has 1 N–H and O–H groups in total. The SMILES string of the molecule is COC(=O)NS(=O)(=O)N1CCCCC1CCBr. The molecule has 0 aliphatic carbocycles. The van der Waals surface area contributed by atoms with E-state index in [0.717, 1.165) is 38.1 Å². The molecule has 100 valence electrons. The van der Waals surface area contributed by atoms with E-state index >= 15 is 0 Å². The van der Waals surface area contributed by atoms with Crippen molar-refractivity contribution in [1.29, 1.82) is 0 Å². The molecule has 0 aromatic carbocycles. The van der Waals surface area contributed by atoms with Gasteiger partial charge < -0.3 is 4.74 Å². The summed E-state index contributed by atoms with van der Waals surface area (Å²) in [5, 5.41) is 0.738. The standard InChI is InChI=1S/C9H17BrN2O4S/c1-16-9(13)11-17(14,15)12-7-3-2-4-8(12)5-6-10/h8H,2-7H2,1H3,(H,11,13). The van der Waals surface area contributed by atoms with Crippen LogP contribution in [0.1, 0.15) is 25.7 Å². The van der Waals surface area contributed by atoms with Gasteiger partial charge in [-0.25, -0.2) is 9.52 Å². The third kappa shape index (κ3) is 4.11. The minimum absolute atomic E-state index is 0.0507. The molecule has 1 fully saturated rings. The molecule has 1 aliphatic rings. The first kappa shape index (κ1) is 14.7. The number of halogens is 1. The van der Waals surface area contributed by atoms with Crippen molar-refractivity contribution in [2.24, 2.45) is 0 Å². The molecule has 0 saturated carbocycles. The monoisotopic (exact) mass is 328 g/mol. The van der Waals surface area contributed by atoms with Gasteiger partial charge in [0.2, 0.25) is 0 Å². The molecule has 0 radical (unpaired) electrons. The first-order chi connectivity index (χ1) is 8.01. The van der Waals surface area contributed by atoms with E-state index in [9.17, 15) is 13.2 Å². The van der Waals surface area contributed by atoms with Crippen molar-refractivity contribution in [2.75, 3.05) is 19.0 Å². The lowest BCUT2D eigenvalue weighted by Gasteiger charge is -2.33. The van der Waals surface area contributed by atoms with Gasteiger partial charge in [-0.05, 0) is 19.3 Å². The third-order valence-corrected chi connectivity index (χ3v) is 4.70. The van der Waals surface area contributed by atoms with Crippen LogP contribution in [-0.4, -0.2) is 43.8 Å². The van der Waals surface area contributed by atoms with Crippen LogP contribution in [0.4, 0.5) is 4.79 Å². The zero-order chi connectivity index (χ0) is 12.9. The lowest BCUT2D eigenvalue weighted by Crippen LogP contribution is -2.50. The van der Waals surface area contributed by atoms with Gasteiger partial charge in [0.05, 0.1) is 7.11 Å². The zero-order valence-electron chi connectivity index (χ0n) is 9.69. The number of amides is 1. The highest BCUT2D eigenvalue weighted by molar-refractivity contribution is 9.09. The van der Waals surface area contributed by atoms with E-state index in [-0.39, 0.29) is 6.04 Å². The summed E-state index contributed by atoms with van der Waals surface area (Å²) in [6.45, 7) is 0.448. The summed E-state index contributed by atoms with van der Waals surface area (Å²) in [7, 11) is -2.64. The topological polar surface area (TPSA) is 75.7 Å². The fourth-order valence-electron chi connectivity index (χ4n) is 1.91. The summed E-state index contributed by atoms with van der Waals surface area (Å²) in [6, 6.07) is -0.0507. The molecule has 1 saturated heterocycles. The largest absolute Gasteiger partial charge is 0.452 e. The van der Waals surface area contributed by atoms with Crippen LogP contribution in [0.5, 0.6) is 0 Å². The summed E-state index contributed by atoms with van der Waals surface area (Å²) in [6.07, 6.45) is 2.45. The van der Waals surface area contributed by atoms with Gasteiger partial charge in [-0.3, -0.25) is 0 Å². The summed E-state index contributed by atoms with van der Waals surface area (Å²) < 4.78 is 31.4. The van der Waals surface area contributed by atoms with Crippen LogP contribution in [-0.2, 0) is 14.9 Å². The lowest BCUT2D eigenvalue weighted by molar-refractivity contribution is 0.175. The number of nitrogens with zero attached hydrogens (tertiary/aromatic N) is 1. The molecule has 1 heterocycles. The first-order valence-electron chi connectivity index (χ1n) is 5.44. The maximum atomic E-state index is 11.9. The van der Waals surface area contributed by atoms with E-state index in [1.54, 1.807) is 0 Å². The molecular weight excluding hydrogens is 312 g/mol. The van der Waals surface area contributed by atoms with Gasteiger partial charge in [-0.1, -0.05) is 22.4 Å². The van der Waals surface area contributed by atoms with E-state index in [0.29, 0.717) is 6.54 Å². The average Bonchev–Trinajstić information content (AvgIpc) is 2.29. The number of piperidine rings is 1. The van der Waals surface area contributed by atoms with Crippen molar-refractivity contribution in [3.8, 4) is 0 Å². The molecular formula is C9H17BrN2O4S. The van der Waals surface area contributed by atoms with Crippen LogP contribution in [0, 0.1) is 0 Å². The highest BCUT2D eigenvalue weighted by Crippen LogP contribution is 2.22. The molecule has 6 nitrogen and oxygen atoms in total. The van der Waals surface area contributed by atoms with Gasteiger partial charge in [0.1, 0.15) is 0 Å². The molecule has 1 atom stereocenters. The summed E-state index contributed by atoms with van der Waals surface area (Å²) >= 11 is 3.31. The number of nitrogens with one attached hydrogen (secondary N) is 1. The Morgan fingerprint density at radius 1 is 1.53 bits per heavy atom. The van der Waals surface area contributed by atoms with Crippen LogP contribution >= 0.6 is 15.9 Å². The van der Waals surface area contributed by atoms with E-state index in [1.165, 1.54) is 4.31 Å². The lowest BCUT2D eigenvalue weighted by atomic mass is 10.0. The Balaban J connectivity index is 2.75. The summed E-state index contributed by atoms with van der Waals surface area (Å²) in [5.41, 5.74) is 0. The molecule has 1 rings (SSSR count). The van der Waals surface area contributed by atoms with E-state index in [2.05, 4.69) is 20.7 Å². The van der Waals surface area contributed by atoms with E-state index in [4.69, 9.17) is 0 Å². The summed E-state index contributed by atoms with van der Waals surface area (Å²) in [5.74, 6) is 0. The van der Waals surface area contributed by atoms with Gasteiger partial charge in [0.25, 0.3) is 0 Å². The van der Waals surface area contributed by atoms with Crippen molar-refractivity contribution in [3.63, 3.8) is 0 Å². The quantitative estimate of drug-likeness (QED) is 0.787. The number of alkyl halides is 1. The van der Waals surface area contributed by atoms with Crippen molar-refractivity contribution in [1.82, 2.24) is 9.03 Å². The molecule has 0 aromatic heterocycles. The minimum atomic E-state index is -3.78. The minimum Gasteiger partial charge on any atom is -0.452 e. The maximum absolute atomic E-state index is 11.9. The van der Waals surface area contributed by atoms with Gasteiger partial charge in [0.15, 0.2) is 0 Å². The van der Waals surface area contributed by atoms with Crippen molar-refractivity contribution >= 4 is 32.2 Å². The molecule has 1 aliphatic heterocycles. The fourth-order valence-corrected chi connectivity index (χ4v) is 3.82. The highest BCUT2D eigenvalue weighted by Gasteiger charge is 2.33. The van der Waals surface area contributed by atoms with E-state index in [1.807, 2.05) is 4.72 Å². The third-order valence-electron chi connectivity index (χ3n) is 2.72. The van der Waals surface area contributed by atoms with Crippen LogP contribution in [0.15, 0.2) is 0 Å². The number of rotatable bonds is 4. The molecule has 0 bridgehead atoms. The van der Waals surface area contributed by atoms with Crippen LogP contribution < -0.4 is 4.72 Å². The Kier molecular flexibility index (Phi) is 5.68. The number of carbonyl (C=O) groups is 1. The number of hydrogen-bond donors (Lipinski definition) is 1. The second kappa shape index (κ2) is 6.55.